The lowest BCUT2D eigenvalue weighted by molar-refractivity contribution is 0.192. The van der Waals surface area contributed by atoms with E-state index >= 15 is 0 Å². The van der Waals surface area contributed by atoms with E-state index in [-0.39, 0.29) is 0 Å². The minimum absolute atomic E-state index is 0.428. The van der Waals surface area contributed by atoms with Crippen LogP contribution in [0, 0.1) is 12.8 Å². The van der Waals surface area contributed by atoms with Crippen molar-refractivity contribution in [2.45, 2.75) is 32.2 Å². The van der Waals surface area contributed by atoms with E-state index in [1.54, 1.807) is 11.3 Å². The summed E-state index contributed by atoms with van der Waals surface area (Å²) < 4.78 is 0. The third-order valence-corrected chi connectivity index (χ3v) is 4.29. The van der Waals surface area contributed by atoms with Crippen molar-refractivity contribution in [3.05, 3.63) is 16.1 Å². The summed E-state index contributed by atoms with van der Waals surface area (Å²) >= 11 is 1.74. The molecule has 0 aromatic carbocycles. The molecule has 1 aromatic rings. The van der Waals surface area contributed by atoms with Crippen LogP contribution >= 0.6 is 11.3 Å². The highest BCUT2D eigenvalue weighted by Crippen LogP contribution is 2.33. The molecule has 0 bridgehead atoms. The van der Waals surface area contributed by atoms with Gasteiger partial charge in [-0.25, -0.2) is 4.98 Å². The zero-order chi connectivity index (χ0) is 11.5. The van der Waals surface area contributed by atoms with Crippen LogP contribution in [-0.4, -0.2) is 30.0 Å². The second-order valence-corrected chi connectivity index (χ2v) is 5.77. The lowest BCUT2D eigenvalue weighted by Crippen LogP contribution is -2.33. The Bertz CT molecular complexity index is 337. The lowest BCUT2D eigenvalue weighted by Gasteiger charge is -2.30. The summed E-state index contributed by atoms with van der Waals surface area (Å²) in [7, 11) is 2.20. The normalized spacial score (nSPS) is 27.9. The number of nitrogens with two attached hydrogens (primary N) is 1. The van der Waals surface area contributed by atoms with Gasteiger partial charge in [0.1, 0.15) is 0 Å². The standard InChI is InChI=1S/C12H21N3S/c1-9-14-11(8-16-9)12-10(7-13)5-3-4-6-15(12)2/h8,10,12H,3-7,13H2,1-2H3. The molecule has 1 aromatic heterocycles. The van der Waals surface area contributed by atoms with Gasteiger partial charge in [-0.05, 0) is 45.8 Å². The van der Waals surface area contributed by atoms with E-state index < -0.39 is 0 Å². The highest BCUT2D eigenvalue weighted by atomic mass is 32.1. The van der Waals surface area contributed by atoms with Crippen LogP contribution in [0.5, 0.6) is 0 Å². The molecule has 1 aliphatic rings. The molecule has 1 fully saturated rings. The van der Waals surface area contributed by atoms with Crippen LogP contribution in [0.4, 0.5) is 0 Å². The molecule has 16 heavy (non-hydrogen) atoms. The van der Waals surface area contributed by atoms with Crippen LogP contribution in [-0.2, 0) is 0 Å². The maximum Gasteiger partial charge on any atom is 0.0898 e. The average molecular weight is 239 g/mol. The molecule has 1 aliphatic heterocycles. The van der Waals surface area contributed by atoms with Crippen LogP contribution in [0.15, 0.2) is 5.38 Å². The molecular formula is C12H21N3S. The summed E-state index contributed by atoms with van der Waals surface area (Å²) in [6.45, 7) is 4.01. The molecule has 2 unspecified atom stereocenters. The maximum atomic E-state index is 5.92. The minimum Gasteiger partial charge on any atom is -0.330 e. The molecule has 2 heterocycles. The number of thiazole rings is 1. The first-order chi connectivity index (χ1) is 7.72. The molecule has 0 saturated carbocycles. The van der Waals surface area contributed by atoms with Gasteiger partial charge in [-0.2, -0.15) is 0 Å². The fourth-order valence-electron chi connectivity index (χ4n) is 2.65. The van der Waals surface area contributed by atoms with Crippen molar-refractivity contribution in [2.24, 2.45) is 11.7 Å². The Labute approximate surface area is 102 Å². The first-order valence-electron chi connectivity index (χ1n) is 6.04. The van der Waals surface area contributed by atoms with Crippen molar-refractivity contribution in [1.82, 2.24) is 9.88 Å². The van der Waals surface area contributed by atoms with Gasteiger partial charge in [0.15, 0.2) is 0 Å². The van der Waals surface area contributed by atoms with Crippen molar-refractivity contribution in [3.63, 3.8) is 0 Å². The molecule has 2 rings (SSSR count). The SMILES string of the molecule is Cc1nc(C2C(CN)CCCCN2C)cs1. The lowest BCUT2D eigenvalue weighted by atomic mass is 9.93. The summed E-state index contributed by atoms with van der Waals surface area (Å²) in [6, 6.07) is 0.428. The highest BCUT2D eigenvalue weighted by molar-refractivity contribution is 7.09. The number of rotatable bonds is 2. The predicted molar refractivity (Wildman–Crippen MR) is 68.6 cm³/mol. The van der Waals surface area contributed by atoms with Crippen molar-refractivity contribution in [2.75, 3.05) is 20.1 Å². The molecule has 0 radical (unpaired) electrons. The Balaban J connectivity index is 2.25. The van der Waals surface area contributed by atoms with Gasteiger partial charge in [0.05, 0.1) is 16.7 Å². The Morgan fingerprint density at radius 2 is 2.38 bits per heavy atom. The molecule has 0 spiro atoms. The molecule has 1 saturated heterocycles. The number of nitrogens with zero attached hydrogens (tertiary/aromatic N) is 2. The van der Waals surface area contributed by atoms with Gasteiger partial charge in [0.2, 0.25) is 0 Å². The summed E-state index contributed by atoms with van der Waals surface area (Å²) in [5, 5.41) is 3.35. The summed E-state index contributed by atoms with van der Waals surface area (Å²) in [6.07, 6.45) is 3.82. The van der Waals surface area contributed by atoms with Crippen LogP contribution < -0.4 is 5.73 Å². The molecule has 2 N–H and O–H groups in total. The van der Waals surface area contributed by atoms with Gasteiger partial charge < -0.3 is 5.73 Å². The largest absolute Gasteiger partial charge is 0.330 e. The number of hydrogen-bond acceptors (Lipinski definition) is 4. The monoisotopic (exact) mass is 239 g/mol. The van der Waals surface area contributed by atoms with Crippen molar-refractivity contribution in [3.8, 4) is 0 Å². The second-order valence-electron chi connectivity index (χ2n) is 4.71. The molecule has 4 heteroatoms. The van der Waals surface area contributed by atoms with Gasteiger partial charge in [0, 0.05) is 5.38 Å². The van der Waals surface area contributed by atoms with E-state index in [1.165, 1.54) is 25.0 Å². The maximum absolute atomic E-state index is 5.92. The third-order valence-electron chi connectivity index (χ3n) is 3.50. The fraction of sp³-hybridized carbons (Fsp3) is 0.750. The second kappa shape index (κ2) is 5.25. The molecule has 0 amide bonds. The zero-order valence-corrected chi connectivity index (χ0v) is 11.0. The fourth-order valence-corrected chi connectivity index (χ4v) is 3.30. The Morgan fingerprint density at radius 3 is 3.00 bits per heavy atom. The van der Waals surface area contributed by atoms with E-state index in [9.17, 15) is 0 Å². The number of likely N-dealkylation sites (tertiary alicyclic amines) is 1. The number of hydrogen-bond donors (Lipinski definition) is 1. The zero-order valence-electron chi connectivity index (χ0n) is 10.1. The molecule has 90 valence electrons. The van der Waals surface area contributed by atoms with E-state index in [4.69, 9.17) is 5.73 Å². The summed E-state index contributed by atoms with van der Waals surface area (Å²) in [5.74, 6) is 0.564. The van der Waals surface area contributed by atoms with Gasteiger partial charge in [-0.1, -0.05) is 6.42 Å². The van der Waals surface area contributed by atoms with E-state index in [0.29, 0.717) is 12.0 Å². The number of aryl methyl sites for hydroxylation is 1. The van der Waals surface area contributed by atoms with Crippen LogP contribution in [0.2, 0.25) is 0 Å². The smallest absolute Gasteiger partial charge is 0.0898 e. The first-order valence-corrected chi connectivity index (χ1v) is 6.92. The molecular weight excluding hydrogens is 218 g/mol. The van der Waals surface area contributed by atoms with Crippen molar-refractivity contribution >= 4 is 11.3 Å². The third kappa shape index (κ3) is 2.44. The topological polar surface area (TPSA) is 42.1 Å². The van der Waals surface area contributed by atoms with Gasteiger partial charge >= 0.3 is 0 Å². The predicted octanol–water partition coefficient (Wildman–Crippen LogP) is 2.18. The molecule has 2 atom stereocenters. The van der Waals surface area contributed by atoms with Gasteiger partial charge in [-0.3, -0.25) is 4.90 Å². The quantitative estimate of drug-likeness (QED) is 0.860. The highest BCUT2D eigenvalue weighted by Gasteiger charge is 2.29. The minimum atomic E-state index is 0.428. The first kappa shape index (κ1) is 12.0. The van der Waals surface area contributed by atoms with Crippen LogP contribution in [0.25, 0.3) is 0 Å². The van der Waals surface area contributed by atoms with Crippen LogP contribution in [0.3, 0.4) is 0 Å². The van der Waals surface area contributed by atoms with E-state index in [1.807, 2.05) is 0 Å². The molecule has 0 aliphatic carbocycles. The Morgan fingerprint density at radius 1 is 1.56 bits per heavy atom. The van der Waals surface area contributed by atoms with E-state index in [0.717, 1.165) is 18.1 Å². The van der Waals surface area contributed by atoms with E-state index in [2.05, 4.69) is 29.2 Å². The van der Waals surface area contributed by atoms with Gasteiger partial charge in [-0.15, -0.1) is 11.3 Å². The Kier molecular flexibility index (Phi) is 3.95. The summed E-state index contributed by atoms with van der Waals surface area (Å²) in [5.41, 5.74) is 7.14. The molecule has 3 nitrogen and oxygen atoms in total. The van der Waals surface area contributed by atoms with Crippen molar-refractivity contribution in [1.29, 1.82) is 0 Å². The van der Waals surface area contributed by atoms with Gasteiger partial charge in [0.25, 0.3) is 0 Å². The van der Waals surface area contributed by atoms with Crippen LogP contribution in [0.1, 0.15) is 36.0 Å². The summed E-state index contributed by atoms with van der Waals surface area (Å²) in [4.78, 5) is 7.08. The Hall–Kier alpha value is -0.450. The van der Waals surface area contributed by atoms with Crippen molar-refractivity contribution < 1.29 is 0 Å². The average Bonchev–Trinajstić information content (AvgIpc) is 2.59. The number of aromatic nitrogens is 1.